The van der Waals surface area contributed by atoms with Crippen LogP contribution >= 0.6 is 0 Å². The van der Waals surface area contributed by atoms with Gasteiger partial charge in [0.1, 0.15) is 0 Å². The first kappa shape index (κ1) is 21.1. The molecule has 0 radical (unpaired) electrons. The van der Waals surface area contributed by atoms with Crippen LogP contribution in [0.3, 0.4) is 0 Å². The highest BCUT2D eigenvalue weighted by Gasteiger charge is 2.25. The lowest BCUT2D eigenvalue weighted by atomic mass is 10.2. The fraction of sp³-hybridized carbons (Fsp3) is 0.875. The Morgan fingerprint density at radius 2 is 1.65 bits per heavy atom. The number of sulfonamides is 1. The minimum absolute atomic E-state index is 0.0296. The van der Waals surface area contributed by atoms with Crippen molar-refractivity contribution in [2.75, 3.05) is 71.3 Å². The van der Waals surface area contributed by atoms with E-state index in [-0.39, 0.29) is 37.0 Å². The van der Waals surface area contributed by atoms with Crippen molar-refractivity contribution in [1.29, 1.82) is 0 Å². The molecule has 2 rings (SSSR count). The van der Waals surface area contributed by atoms with E-state index in [9.17, 15) is 18.0 Å². The first-order chi connectivity index (χ1) is 12.4. The Morgan fingerprint density at radius 1 is 1.00 bits per heavy atom. The summed E-state index contributed by atoms with van der Waals surface area (Å²) in [4.78, 5) is 28.1. The number of morpholine rings is 1. The van der Waals surface area contributed by atoms with Crippen molar-refractivity contribution >= 4 is 21.8 Å². The zero-order valence-electron chi connectivity index (χ0n) is 15.5. The maximum Gasteiger partial charge on any atom is 0.224 e. The number of ether oxygens (including phenoxy) is 1. The van der Waals surface area contributed by atoms with Crippen molar-refractivity contribution in [3.05, 3.63) is 0 Å². The zero-order valence-corrected chi connectivity index (χ0v) is 16.3. The van der Waals surface area contributed by atoms with Gasteiger partial charge >= 0.3 is 0 Å². The second-order valence-corrected chi connectivity index (χ2v) is 8.58. The highest BCUT2D eigenvalue weighted by molar-refractivity contribution is 7.89. The molecule has 10 heteroatoms. The first-order valence-electron chi connectivity index (χ1n) is 9.25. The second kappa shape index (κ2) is 10.2. The van der Waals surface area contributed by atoms with Gasteiger partial charge in [-0.3, -0.25) is 9.59 Å². The molecule has 0 unspecified atom stereocenters. The molecule has 0 aromatic carbocycles. The highest BCUT2D eigenvalue weighted by atomic mass is 32.2. The van der Waals surface area contributed by atoms with Gasteiger partial charge in [0.05, 0.1) is 19.0 Å². The summed E-state index contributed by atoms with van der Waals surface area (Å²) in [5.74, 6) is -0.529. The van der Waals surface area contributed by atoms with Crippen LogP contribution in [-0.4, -0.2) is 106 Å². The summed E-state index contributed by atoms with van der Waals surface area (Å²) in [5, 5.41) is 2.64. The molecule has 0 spiro atoms. The third-order valence-electron chi connectivity index (χ3n) is 4.78. The number of nitrogens with one attached hydrogen (secondary N) is 1. The molecule has 2 heterocycles. The Kier molecular flexibility index (Phi) is 8.26. The SMILES string of the molecule is CCN1CCN(C(=O)CCNC(=O)CCS(=O)(=O)N2CCOCC2)CC1. The van der Waals surface area contributed by atoms with E-state index in [0.717, 1.165) is 32.7 Å². The summed E-state index contributed by atoms with van der Waals surface area (Å²) in [6.45, 7) is 7.99. The molecule has 26 heavy (non-hydrogen) atoms. The van der Waals surface area contributed by atoms with Gasteiger partial charge in [-0.1, -0.05) is 6.92 Å². The minimum atomic E-state index is -3.43. The molecular weight excluding hydrogens is 360 g/mol. The lowest BCUT2D eigenvalue weighted by Gasteiger charge is -2.34. The number of rotatable bonds is 8. The smallest absolute Gasteiger partial charge is 0.224 e. The topological polar surface area (TPSA) is 99.3 Å². The lowest BCUT2D eigenvalue weighted by Crippen LogP contribution is -2.49. The van der Waals surface area contributed by atoms with Crippen LogP contribution in [0.4, 0.5) is 0 Å². The van der Waals surface area contributed by atoms with Gasteiger partial charge in [-0.2, -0.15) is 4.31 Å². The Labute approximate surface area is 155 Å². The van der Waals surface area contributed by atoms with Crippen molar-refractivity contribution < 1.29 is 22.7 Å². The van der Waals surface area contributed by atoms with E-state index in [1.807, 2.05) is 4.90 Å². The van der Waals surface area contributed by atoms with E-state index < -0.39 is 10.0 Å². The van der Waals surface area contributed by atoms with Crippen LogP contribution in [0, 0.1) is 0 Å². The van der Waals surface area contributed by atoms with Crippen LogP contribution in [-0.2, 0) is 24.3 Å². The average molecular weight is 391 g/mol. The standard InChI is InChI=1S/C16H30N4O5S/c1-2-18-6-8-19(9-7-18)16(22)3-5-17-15(21)4-14-26(23,24)20-10-12-25-13-11-20/h2-14H2,1H3,(H,17,21). The molecule has 2 saturated heterocycles. The number of carbonyl (C=O) groups is 2. The van der Waals surface area contributed by atoms with Crippen LogP contribution in [0.15, 0.2) is 0 Å². The Hall–Kier alpha value is -1.23. The van der Waals surface area contributed by atoms with Gasteiger partial charge < -0.3 is 19.9 Å². The summed E-state index contributed by atoms with van der Waals surface area (Å²) in [5.41, 5.74) is 0. The van der Waals surface area contributed by atoms with Crippen LogP contribution in [0.25, 0.3) is 0 Å². The molecule has 0 aliphatic carbocycles. The molecule has 0 atom stereocenters. The van der Waals surface area contributed by atoms with Gasteiger partial charge in [0.25, 0.3) is 0 Å². The molecule has 2 fully saturated rings. The van der Waals surface area contributed by atoms with Crippen molar-refractivity contribution in [3.63, 3.8) is 0 Å². The number of amides is 2. The molecular formula is C16H30N4O5S. The zero-order chi connectivity index (χ0) is 19.0. The maximum atomic E-state index is 12.2. The van der Waals surface area contributed by atoms with Crippen molar-refractivity contribution in [2.24, 2.45) is 0 Å². The fourth-order valence-corrected chi connectivity index (χ4v) is 4.45. The molecule has 9 nitrogen and oxygen atoms in total. The minimum Gasteiger partial charge on any atom is -0.379 e. The van der Waals surface area contributed by atoms with Gasteiger partial charge in [0, 0.05) is 58.7 Å². The summed E-state index contributed by atoms with van der Waals surface area (Å²) >= 11 is 0. The highest BCUT2D eigenvalue weighted by Crippen LogP contribution is 2.07. The van der Waals surface area contributed by atoms with Crippen LogP contribution in [0.5, 0.6) is 0 Å². The number of likely N-dealkylation sites (N-methyl/N-ethyl adjacent to an activating group) is 1. The molecule has 150 valence electrons. The molecule has 0 aromatic heterocycles. The normalized spacial score (nSPS) is 20.1. The Morgan fingerprint density at radius 3 is 2.27 bits per heavy atom. The van der Waals surface area contributed by atoms with Gasteiger partial charge in [0.2, 0.25) is 21.8 Å². The maximum absolute atomic E-state index is 12.2. The summed E-state index contributed by atoms with van der Waals surface area (Å²) in [6.07, 6.45) is 0.150. The third kappa shape index (κ3) is 6.49. The summed E-state index contributed by atoms with van der Waals surface area (Å²) < 4.78 is 30.8. The van der Waals surface area contributed by atoms with E-state index in [1.165, 1.54) is 4.31 Å². The molecule has 0 aromatic rings. The molecule has 0 saturated carbocycles. The van der Waals surface area contributed by atoms with Crippen LogP contribution in [0.1, 0.15) is 19.8 Å². The van der Waals surface area contributed by atoms with E-state index in [0.29, 0.717) is 26.3 Å². The third-order valence-corrected chi connectivity index (χ3v) is 6.66. The Bertz CT molecular complexity index is 569. The van der Waals surface area contributed by atoms with Gasteiger partial charge in [0.15, 0.2) is 0 Å². The summed E-state index contributed by atoms with van der Waals surface area (Å²) in [7, 11) is -3.43. The molecule has 2 aliphatic heterocycles. The van der Waals surface area contributed by atoms with Crippen molar-refractivity contribution in [2.45, 2.75) is 19.8 Å². The van der Waals surface area contributed by atoms with Gasteiger partial charge in [-0.25, -0.2) is 8.42 Å². The van der Waals surface area contributed by atoms with E-state index in [4.69, 9.17) is 4.74 Å². The predicted molar refractivity (Wildman–Crippen MR) is 97.1 cm³/mol. The second-order valence-electron chi connectivity index (χ2n) is 6.49. The quantitative estimate of drug-likeness (QED) is 0.554. The van der Waals surface area contributed by atoms with Crippen LogP contribution < -0.4 is 5.32 Å². The predicted octanol–water partition coefficient (Wildman–Crippen LogP) is -1.29. The van der Waals surface area contributed by atoms with E-state index >= 15 is 0 Å². The first-order valence-corrected chi connectivity index (χ1v) is 10.9. The number of piperazine rings is 1. The number of hydrogen-bond acceptors (Lipinski definition) is 6. The molecule has 0 bridgehead atoms. The summed E-state index contributed by atoms with van der Waals surface area (Å²) in [6, 6.07) is 0. The molecule has 2 amide bonds. The van der Waals surface area contributed by atoms with Gasteiger partial charge in [-0.05, 0) is 6.54 Å². The van der Waals surface area contributed by atoms with Gasteiger partial charge in [-0.15, -0.1) is 0 Å². The largest absolute Gasteiger partial charge is 0.379 e. The van der Waals surface area contributed by atoms with E-state index in [1.54, 1.807) is 0 Å². The van der Waals surface area contributed by atoms with Crippen molar-refractivity contribution in [3.8, 4) is 0 Å². The van der Waals surface area contributed by atoms with E-state index in [2.05, 4.69) is 17.1 Å². The number of hydrogen-bond donors (Lipinski definition) is 1. The van der Waals surface area contributed by atoms with Crippen LogP contribution in [0.2, 0.25) is 0 Å². The molecule has 2 aliphatic rings. The Balaban J connectivity index is 1.62. The number of nitrogens with zero attached hydrogens (tertiary/aromatic N) is 3. The monoisotopic (exact) mass is 390 g/mol. The number of carbonyl (C=O) groups excluding carboxylic acids is 2. The average Bonchev–Trinajstić information content (AvgIpc) is 2.67. The fourth-order valence-electron chi connectivity index (χ4n) is 3.04. The van der Waals surface area contributed by atoms with Crippen molar-refractivity contribution in [1.82, 2.24) is 19.4 Å². The lowest BCUT2D eigenvalue weighted by molar-refractivity contribution is -0.132. The molecule has 1 N–H and O–H groups in total.